The predicted octanol–water partition coefficient (Wildman–Crippen LogP) is 6.57. The van der Waals surface area contributed by atoms with Gasteiger partial charge in [-0.25, -0.2) is 4.79 Å². The Morgan fingerprint density at radius 1 is 1.03 bits per heavy atom. The van der Waals surface area contributed by atoms with Crippen LogP contribution in [0.2, 0.25) is 5.02 Å². The molecule has 2 amide bonds. The number of urea groups is 1. The average molecular weight is 527 g/mol. The third-order valence-electron chi connectivity index (χ3n) is 4.91. The molecule has 3 aromatic rings. The van der Waals surface area contributed by atoms with Crippen molar-refractivity contribution in [2.75, 3.05) is 5.32 Å². The topological polar surface area (TPSA) is 75.7 Å². The van der Waals surface area contributed by atoms with Gasteiger partial charge in [0.1, 0.15) is 10.6 Å². The number of hydrogen-bond acceptors (Lipinski definition) is 4. The molecule has 0 saturated heterocycles. The number of amides is 2. The van der Waals surface area contributed by atoms with Crippen LogP contribution in [0, 0.1) is 0 Å². The first-order chi connectivity index (χ1) is 16.3. The largest absolute Gasteiger partial charge is 0.416 e. The van der Waals surface area contributed by atoms with Gasteiger partial charge in [0.2, 0.25) is 0 Å². The fourth-order valence-electron chi connectivity index (χ4n) is 3.07. The molecule has 1 N–H and O–H groups in total. The van der Waals surface area contributed by atoms with Crippen LogP contribution in [0.1, 0.15) is 25.0 Å². The highest BCUT2D eigenvalue weighted by Crippen LogP contribution is 2.31. The Balaban J connectivity index is 1.70. The minimum atomic E-state index is -4.69. The maximum Gasteiger partial charge on any atom is 0.416 e. The molecular weight excluding hydrogens is 505 g/mol. The molecule has 186 valence electrons. The Labute approximate surface area is 206 Å². The summed E-state index contributed by atoms with van der Waals surface area (Å²) in [5.74, 6) is -0.0760. The standard InChI is InChI=1S/C24H22ClF3N2O4S/c1-16(2)30(23(31)29-20-10-8-19(25)9-11-20)15-17-6-12-21(13-7-17)34-35(32,33)22-5-3-4-18(14-22)24(26,27)28/h3-14,16H,15H2,1-2H3,(H,29,31). The molecule has 0 fully saturated rings. The third-order valence-corrected chi connectivity index (χ3v) is 6.41. The van der Waals surface area contributed by atoms with Crippen LogP contribution in [-0.2, 0) is 22.8 Å². The smallest absolute Gasteiger partial charge is 0.379 e. The zero-order valence-electron chi connectivity index (χ0n) is 18.7. The molecule has 0 aliphatic rings. The van der Waals surface area contributed by atoms with Crippen molar-refractivity contribution in [1.82, 2.24) is 4.90 Å². The van der Waals surface area contributed by atoms with Gasteiger partial charge < -0.3 is 14.4 Å². The average Bonchev–Trinajstić information content (AvgIpc) is 2.79. The normalized spacial score (nSPS) is 11.9. The maximum absolute atomic E-state index is 12.9. The first-order valence-corrected chi connectivity index (χ1v) is 12.2. The maximum atomic E-state index is 12.9. The molecule has 0 spiro atoms. The summed E-state index contributed by atoms with van der Waals surface area (Å²) in [5.41, 5.74) is 0.172. The van der Waals surface area contributed by atoms with Crippen LogP contribution in [-0.4, -0.2) is 25.4 Å². The van der Waals surface area contributed by atoms with Gasteiger partial charge in [0, 0.05) is 23.3 Å². The molecule has 3 aromatic carbocycles. The molecule has 0 radical (unpaired) electrons. The third kappa shape index (κ3) is 7.12. The van der Waals surface area contributed by atoms with E-state index in [9.17, 15) is 26.4 Å². The van der Waals surface area contributed by atoms with E-state index in [1.54, 1.807) is 41.3 Å². The lowest BCUT2D eigenvalue weighted by atomic mass is 10.2. The van der Waals surface area contributed by atoms with Crippen LogP contribution in [0.15, 0.2) is 77.7 Å². The van der Waals surface area contributed by atoms with E-state index in [2.05, 4.69) is 5.32 Å². The summed E-state index contributed by atoms with van der Waals surface area (Å²) in [6, 6.07) is 15.4. The lowest BCUT2D eigenvalue weighted by molar-refractivity contribution is -0.137. The summed E-state index contributed by atoms with van der Waals surface area (Å²) in [7, 11) is -4.48. The number of carbonyl (C=O) groups is 1. The van der Waals surface area contributed by atoms with Crippen LogP contribution in [0.3, 0.4) is 0 Å². The zero-order valence-corrected chi connectivity index (χ0v) is 20.3. The van der Waals surface area contributed by atoms with Crippen LogP contribution >= 0.6 is 11.6 Å². The summed E-state index contributed by atoms with van der Waals surface area (Å²) in [5, 5.41) is 3.33. The summed E-state index contributed by atoms with van der Waals surface area (Å²) >= 11 is 5.86. The number of nitrogens with zero attached hydrogens (tertiary/aromatic N) is 1. The van der Waals surface area contributed by atoms with E-state index in [1.807, 2.05) is 13.8 Å². The van der Waals surface area contributed by atoms with Gasteiger partial charge in [-0.15, -0.1) is 0 Å². The van der Waals surface area contributed by atoms with Crippen molar-refractivity contribution in [3.63, 3.8) is 0 Å². The van der Waals surface area contributed by atoms with Crippen molar-refractivity contribution in [1.29, 1.82) is 0 Å². The van der Waals surface area contributed by atoms with Crippen LogP contribution in [0.5, 0.6) is 5.75 Å². The molecule has 3 rings (SSSR count). The fraction of sp³-hybridized carbons (Fsp3) is 0.208. The van der Waals surface area contributed by atoms with E-state index in [0.29, 0.717) is 22.3 Å². The van der Waals surface area contributed by atoms with Crippen LogP contribution in [0.25, 0.3) is 0 Å². The number of carbonyl (C=O) groups excluding carboxylic acids is 1. The van der Waals surface area contributed by atoms with Crippen LogP contribution < -0.4 is 9.50 Å². The number of benzene rings is 3. The monoisotopic (exact) mass is 526 g/mol. The number of halogens is 4. The second-order valence-electron chi connectivity index (χ2n) is 7.87. The number of rotatable bonds is 7. The fourth-order valence-corrected chi connectivity index (χ4v) is 4.17. The second-order valence-corrected chi connectivity index (χ2v) is 9.85. The van der Waals surface area contributed by atoms with E-state index in [0.717, 1.165) is 18.2 Å². The van der Waals surface area contributed by atoms with Crippen molar-refractivity contribution in [2.24, 2.45) is 0 Å². The molecule has 0 aliphatic heterocycles. The lowest BCUT2D eigenvalue weighted by Crippen LogP contribution is -2.39. The molecule has 6 nitrogen and oxygen atoms in total. The van der Waals surface area contributed by atoms with Crippen molar-refractivity contribution >= 4 is 33.4 Å². The van der Waals surface area contributed by atoms with Crippen molar-refractivity contribution in [2.45, 2.75) is 37.5 Å². The first kappa shape index (κ1) is 26.4. The van der Waals surface area contributed by atoms with E-state index in [4.69, 9.17) is 15.8 Å². The Hall–Kier alpha value is -3.24. The van der Waals surface area contributed by atoms with Crippen molar-refractivity contribution < 1.29 is 30.6 Å². The van der Waals surface area contributed by atoms with Gasteiger partial charge in [-0.3, -0.25) is 0 Å². The Morgan fingerprint density at radius 2 is 1.66 bits per heavy atom. The molecule has 0 heterocycles. The molecule has 0 unspecified atom stereocenters. The SMILES string of the molecule is CC(C)N(Cc1ccc(OS(=O)(=O)c2cccc(C(F)(F)F)c2)cc1)C(=O)Nc1ccc(Cl)cc1. The molecule has 35 heavy (non-hydrogen) atoms. The molecule has 11 heteroatoms. The van der Waals surface area contributed by atoms with Crippen molar-refractivity contribution in [3.8, 4) is 5.75 Å². The van der Waals surface area contributed by atoms with E-state index in [-0.39, 0.29) is 24.4 Å². The van der Waals surface area contributed by atoms with Crippen molar-refractivity contribution in [3.05, 3.63) is 88.9 Å². The molecule has 0 aromatic heterocycles. The van der Waals surface area contributed by atoms with Gasteiger partial charge in [-0.05, 0) is 74.0 Å². The van der Waals surface area contributed by atoms with E-state index in [1.165, 1.54) is 12.1 Å². The molecule has 0 bridgehead atoms. The minimum Gasteiger partial charge on any atom is -0.379 e. The van der Waals surface area contributed by atoms with Gasteiger partial charge in [-0.2, -0.15) is 21.6 Å². The highest BCUT2D eigenvalue weighted by atomic mass is 35.5. The summed E-state index contributed by atoms with van der Waals surface area (Å²) in [6.45, 7) is 3.92. The number of hydrogen-bond donors (Lipinski definition) is 1. The summed E-state index contributed by atoms with van der Waals surface area (Å²) in [6.07, 6.45) is -4.69. The number of alkyl halides is 3. The van der Waals surface area contributed by atoms with Gasteiger partial charge in [0.15, 0.2) is 0 Å². The number of nitrogens with one attached hydrogen (secondary N) is 1. The quantitative estimate of drug-likeness (QED) is 0.353. The highest BCUT2D eigenvalue weighted by molar-refractivity contribution is 7.87. The van der Waals surface area contributed by atoms with Crippen LogP contribution in [0.4, 0.5) is 23.7 Å². The van der Waals surface area contributed by atoms with Gasteiger partial charge >= 0.3 is 22.3 Å². The van der Waals surface area contributed by atoms with Gasteiger partial charge in [-0.1, -0.05) is 29.8 Å². The zero-order chi connectivity index (χ0) is 25.8. The minimum absolute atomic E-state index is 0.0760. The molecular formula is C24H22ClF3N2O4S. The van der Waals surface area contributed by atoms with Gasteiger partial charge in [0.05, 0.1) is 5.56 Å². The Kier molecular flexibility index (Phi) is 7.97. The lowest BCUT2D eigenvalue weighted by Gasteiger charge is -2.27. The van der Waals surface area contributed by atoms with E-state index < -0.39 is 26.8 Å². The number of anilines is 1. The van der Waals surface area contributed by atoms with Gasteiger partial charge in [0.25, 0.3) is 0 Å². The molecule has 0 atom stereocenters. The Morgan fingerprint density at radius 3 is 2.23 bits per heavy atom. The Bertz CT molecular complexity index is 1280. The molecule has 0 aliphatic carbocycles. The summed E-state index contributed by atoms with van der Waals surface area (Å²) < 4.78 is 68.6. The molecule has 0 saturated carbocycles. The summed E-state index contributed by atoms with van der Waals surface area (Å²) in [4.78, 5) is 13.7. The highest BCUT2D eigenvalue weighted by Gasteiger charge is 2.32. The first-order valence-electron chi connectivity index (χ1n) is 10.4. The second kappa shape index (κ2) is 10.6. The van der Waals surface area contributed by atoms with E-state index >= 15 is 0 Å². The predicted molar refractivity (Wildman–Crippen MR) is 127 cm³/mol.